The summed E-state index contributed by atoms with van der Waals surface area (Å²) in [5, 5.41) is 3.24. The Hall–Kier alpha value is -1.55. The molecule has 0 aromatic heterocycles. The summed E-state index contributed by atoms with van der Waals surface area (Å²) in [4.78, 5) is 11.4. The SMILES string of the molecule is COC(=O)C1CCC(c2ccc(OC)cc2)CN1. The van der Waals surface area contributed by atoms with Crippen LogP contribution in [0.25, 0.3) is 0 Å². The monoisotopic (exact) mass is 249 g/mol. The zero-order valence-electron chi connectivity index (χ0n) is 10.8. The number of nitrogens with one attached hydrogen (secondary N) is 1. The lowest BCUT2D eigenvalue weighted by molar-refractivity contribution is -0.143. The van der Waals surface area contributed by atoms with E-state index >= 15 is 0 Å². The molecule has 1 aliphatic rings. The Morgan fingerprint density at radius 1 is 1.22 bits per heavy atom. The van der Waals surface area contributed by atoms with Crippen LogP contribution in [0.2, 0.25) is 0 Å². The van der Waals surface area contributed by atoms with E-state index in [9.17, 15) is 4.79 Å². The molecular weight excluding hydrogens is 230 g/mol. The van der Waals surface area contributed by atoms with Gasteiger partial charge >= 0.3 is 5.97 Å². The lowest BCUT2D eigenvalue weighted by Gasteiger charge is -2.28. The molecule has 0 amide bonds. The highest BCUT2D eigenvalue weighted by Gasteiger charge is 2.26. The van der Waals surface area contributed by atoms with Crippen LogP contribution in [-0.2, 0) is 9.53 Å². The minimum Gasteiger partial charge on any atom is -0.497 e. The summed E-state index contributed by atoms with van der Waals surface area (Å²) in [5.41, 5.74) is 1.28. The van der Waals surface area contributed by atoms with E-state index in [2.05, 4.69) is 17.4 Å². The van der Waals surface area contributed by atoms with Gasteiger partial charge in [-0.15, -0.1) is 0 Å². The van der Waals surface area contributed by atoms with Crippen molar-refractivity contribution >= 4 is 5.97 Å². The third kappa shape index (κ3) is 2.82. The number of hydrogen-bond donors (Lipinski definition) is 1. The molecule has 1 aromatic rings. The van der Waals surface area contributed by atoms with Gasteiger partial charge in [0.1, 0.15) is 11.8 Å². The van der Waals surface area contributed by atoms with Gasteiger partial charge in [0, 0.05) is 6.54 Å². The van der Waals surface area contributed by atoms with Crippen LogP contribution >= 0.6 is 0 Å². The highest BCUT2D eigenvalue weighted by Crippen LogP contribution is 2.26. The second-order valence-corrected chi connectivity index (χ2v) is 4.53. The second-order valence-electron chi connectivity index (χ2n) is 4.53. The van der Waals surface area contributed by atoms with Crippen molar-refractivity contribution in [3.05, 3.63) is 29.8 Å². The number of piperidine rings is 1. The van der Waals surface area contributed by atoms with Gasteiger partial charge in [-0.2, -0.15) is 0 Å². The van der Waals surface area contributed by atoms with E-state index in [1.165, 1.54) is 12.7 Å². The van der Waals surface area contributed by atoms with Crippen LogP contribution in [0, 0.1) is 0 Å². The summed E-state index contributed by atoms with van der Waals surface area (Å²) in [6.45, 7) is 0.812. The Morgan fingerprint density at radius 2 is 1.94 bits per heavy atom. The fourth-order valence-electron chi connectivity index (χ4n) is 2.36. The van der Waals surface area contributed by atoms with Gasteiger partial charge in [0.25, 0.3) is 0 Å². The average molecular weight is 249 g/mol. The summed E-state index contributed by atoms with van der Waals surface area (Å²) in [7, 11) is 3.09. The molecule has 4 heteroatoms. The molecule has 1 aliphatic heterocycles. The summed E-state index contributed by atoms with van der Waals surface area (Å²) < 4.78 is 9.89. The number of ether oxygens (including phenoxy) is 2. The van der Waals surface area contributed by atoms with E-state index in [1.54, 1.807) is 7.11 Å². The molecule has 0 radical (unpaired) electrons. The molecule has 1 saturated heterocycles. The first kappa shape index (κ1) is 12.9. The summed E-state index contributed by atoms with van der Waals surface area (Å²) in [6.07, 6.45) is 1.82. The number of methoxy groups -OCH3 is 2. The molecule has 1 fully saturated rings. The van der Waals surface area contributed by atoms with E-state index in [1.807, 2.05) is 12.1 Å². The molecular formula is C14H19NO3. The summed E-state index contributed by atoms with van der Waals surface area (Å²) in [5.74, 6) is 1.16. The molecule has 0 saturated carbocycles. The summed E-state index contributed by atoms with van der Waals surface area (Å²) in [6, 6.07) is 7.97. The average Bonchev–Trinajstić information content (AvgIpc) is 2.47. The maximum Gasteiger partial charge on any atom is 0.322 e. The van der Waals surface area contributed by atoms with E-state index in [0.29, 0.717) is 5.92 Å². The fraction of sp³-hybridized carbons (Fsp3) is 0.500. The number of esters is 1. The van der Waals surface area contributed by atoms with Gasteiger partial charge in [0.2, 0.25) is 0 Å². The smallest absolute Gasteiger partial charge is 0.322 e. The molecule has 98 valence electrons. The fourth-order valence-corrected chi connectivity index (χ4v) is 2.36. The van der Waals surface area contributed by atoms with Gasteiger partial charge in [-0.1, -0.05) is 12.1 Å². The quantitative estimate of drug-likeness (QED) is 0.828. The van der Waals surface area contributed by atoms with Crippen LogP contribution in [0.1, 0.15) is 24.3 Å². The Balaban J connectivity index is 1.94. The molecule has 4 nitrogen and oxygen atoms in total. The van der Waals surface area contributed by atoms with E-state index < -0.39 is 0 Å². The molecule has 2 atom stereocenters. The largest absolute Gasteiger partial charge is 0.497 e. The van der Waals surface area contributed by atoms with Crippen LogP contribution in [0.3, 0.4) is 0 Å². The predicted molar refractivity (Wildman–Crippen MR) is 68.8 cm³/mol. The van der Waals surface area contributed by atoms with Crippen molar-refractivity contribution in [2.75, 3.05) is 20.8 Å². The highest BCUT2D eigenvalue weighted by molar-refractivity contribution is 5.75. The molecule has 0 spiro atoms. The van der Waals surface area contributed by atoms with E-state index in [-0.39, 0.29) is 12.0 Å². The topological polar surface area (TPSA) is 47.6 Å². The molecule has 0 aliphatic carbocycles. The predicted octanol–water partition coefficient (Wildman–Crippen LogP) is 1.70. The number of hydrogen-bond acceptors (Lipinski definition) is 4. The van der Waals surface area contributed by atoms with Crippen molar-refractivity contribution < 1.29 is 14.3 Å². The first-order valence-electron chi connectivity index (χ1n) is 6.19. The maximum absolute atomic E-state index is 11.4. The molecule has 2 unspecified atom stereocenters. The van der Waals surface area contributed by atoms with Gasteiger partial charge in [0.15, 0.2) is 0 Å². The third-order valence-corrected chi connectivity index (χ3v) is 3.49. The van der Waals surface area contributed by atoms with Crippen molar-refractivity contribution in [3.63, 3.8) is 0 Å². The lowest BCUT2D eigenvalue weighted by atomic mass is 9.89. The number of carbonyl (C=O) groups excluding carboxylic acids is 1. The van der Waals surface area contributed by atoms with Crippen LogP contribution < -0.4 is 10.1 Å². The first-order chi connectivity index (χ1) is 8.74. The zero-order valence-corrected chi connectivity index (χ0v) is 10.8. The lowest BCUT2D eigenvalue weighted by Crippen LogP contribution is -2.43. The van der Waals surface area contributed by atoms with Gasteiger partial charge in [-0.25, -0.2) is 0 Å². The van der Waals surface area contributed by atoms with Crippen LogP contribution in [0.5, 0.6) is 5.75 Å². The zero-order chi connectivity index (χ0) is 13.0. The minimum atomic E-state index is -0.164. The van der Waals surface area contributed by atoms with Crippen molar-refractivity contribution in [3.8, 4) is 5.75 Å². The molecule has 1 aromatic carbocycles. The third-order valence-electron chi connectivity index (χ3n) is 3.49. The van der Waals surface area contributed by atoms with Crippen molar-refractivity contribution in [1.29, 1.82) is 0 Å². The molecule has 18 heavy (non-hydrogen) atoms. The molecule has 2 rings (SSSR count). The van der Waals surface area contributed by atoms with Crippen molar-refractivity contribution in [2.24, 2.45) is 0 Å². The standard InChI is InChI=1S/C14H19NO3/c1-17-12-6-3-10(4-7-12)11-5-8-13(15-9-11)14(16)18-2/h3-4,6-7,11,13,15H,5,8-9H2,1-2H3. The number of carbonyl (C=O) groups is 1. The number of rotatable bonds is 3. The van der Waals surface area contributed by atoms with Crippen LogP contribution in [-0.4, -0.2) is 32.8 Å². The van der Waals surface area contributed by atoms with Crippen LogP contribution in [0.15, 0.2) is 24.3 Å². The van der Waals surface area contributed by atoms with Gasteiger partial charge in [-0.3, -0.25) is 4.79 Å². The Labute approximate surface area is 107 Å². The number of benzene rings is 1. The van der Waals surface area contributed by atoms with Crippen LogP contribution in [0.4, 0.5) is 0 Å². The van der Waals surface area contributed by atoms with Gasteiger partial charge < -0.3 is 14.8 Å². The molecule has 1 heterocycles. The second kappa shape index (κ2) is 5.87. The summed E-state index contributed by atoms with van der Waals surface area (Å²) >= 11 is 0. The van der Waals surface area contributed by atoms with Gasteiger partial charge in [-0.05, 0) is 36.5 Å². The first-order valence-corrected chi connectivity index (χ1v) is 6.19. The van der Waals surface area contributed by atoms with E-state index in [4.69, 9.17) is 9.47 Å². The van der Waals surface area contributed by atoms with Gasteiger partial charge in [0.05, 0.1) is 14.2 Å². The minimum absolute atomic E-state index is 0.149. The molecule has 1 N–H and O–H groups in total. The van der Waals surface area contributed by atoms with Crippen molar-refractivity contribution in [1.82, 2.24) is 5.32 Å². The normalized spacial score (nSPS) is 23.4. The molecule has 0 bridgehead atoms. The Morgan fingerprint density at radius 3 is 2.44 bits per heavy atom. The maximum atomic E-state index is 11.4. The highest BCUT2D eigenvalue weighted by atomic mass is 16.5. The van der Waals surface area contributed by atoms with Crippen molar-refractivity contribution in [2.45, 2.75) is 24.8 Å². The van der Waals surface area contributed by atoms with E-state index in [0.717, 1.165) is 25.1 Å². The Bertz CT molecular complexity index is 394. The Kier molecular flexibility index (Phi) is 4.20.